The second-order valence-corrected chi connectivity index (χ2v) is 5.80. The van der Waals surface area contributed by atoms with Crippen LogP contribution in [-0.4, -0.2) is 10.8 Å². The van der Waals surface area contributed by atoms with Gasteiger partial charge in [0.1, 0.15) is 5.82 Å². The summed E-state index contributed by atoms with van der Waals surface area (Å²) in [4.78, 5) is 17.6. The maximum Gasteiger partial charge on any atom is 0.221 e. The summed E-state index contributed by atoms with van der Waals surface area (Å²) in [6, 6.07) is 15.4. The summed E-state index contributed by atoms with van der Waals surface area (Å²) >= 11 is 1.29. The summed E-state index contributed by atoms with van der Waals surface area (Å²) in [6.07, 6.45) is 0. The largest absolute Gasteiger partial charge is 0.286 e. The number of rotatable bonds is 3. The molecule has 0 N–H and O–H groups in total. The maximum absolute atomic E-state index is 13.9. The highest BCUT2D eigenvalue weighted by Gasteiger charge is 2.18. The monoisotopic (exact) mass is 297 g/mol. The highest BCUT2D eigenvalue weighted by atomic mass is 32.1. The minimum atomic E-state index is -0.329. The average Bonchev–Trinajstić information content (AvgIpc) is 2.90. The molecular formula is C17H12FNOS. The molecule has 104 valence electrons. The van der Waals surface area contributed by atoms with Crippen molar-refractivity contribution in [1.82, 2.24) is 4.98 Å². The van der Waals surface area contributed by atoms with Crippen LogP contribution >= 0.6 is 11.3 Å². The molecule has 0 bridgehead atoms. The van der Waals surface area contributed by atoms with E-state index in [0.717, 1.165) is 4.88 Å². The molecule has 0 saturated heterocycles. The van der Waals surface area contributed by atoms with Crippen molar-refractivity contribution in [3.63, 3.8) is 0 Å². The minimum absolute atomic E-state index is 0.133. The molecule has 0 fully saturated rings. The number of aromatic nitrogens is 1. The predicted molar refractivity (Wildman–Crippen MR) is 82.1 cm³/mol. The molecule has 0 aliphatic carbocycles. The Morgan fingerprint density at radius 3 is 2.43 bits per heavy atom. The quantitative estimate of drug-likeness (QED) is 0.667. The summed E-state index contributed by atoms with van der Waals surface area (Å²) in [5, 5.41) is 0.386. The standard InChI is InChI=1S/C17H12FNOS/c1-11-15(13-9-5-6-10-14(13)18)19-17(21-11)16(20)12-7-3-2-4-8-12/h2-10H,1H3. The Bertz CT molecular complexity index is 796. The Morgan fingerprint density at radius 1 is 1.05 bits per heavy atom. The Balaban J connectivity index is 2.03. The van der Waals surface area contributed by atoms with Gasteiger partial charge in [-0.05, 0) is 19.1 Å². The molecule has 1 heterocycles. The van der Waals surface area contributed by atoms with E-state index in [1.165, 1.54) is 17.4 Å². The van der Waals surface area contributed by atoms with Gasteiger partial charge in [0.05, 0.1) is 5.69 Å². The van der Waals surface area contributed by atoms with Crippen molar-refractivity contribution in [2.24, 2.45) is 0 Å². The number of halogens is 1. The van der Waals surface area contributed by atoms with Gasteiger partial charge in [0, 0.05) is 16.0 Å². The van der Waals surface area contributed by atoms with Gasteiger partial charge in [0.2, 0.25) is 5.78 Å². The summed E-state index contributed by atoms with van der Waals surface area (Å²) in [5.41, 5.74) is 1.56. The van der Waals surface area contributed by atoms with Crippen LogP contribution in [0.2, 0.25) is 0 Å². The fourth-order valence-corrected chi connectivity index (χ4v) is 3.00. The third kappa shape index (κ3) is 2.62. The van der Waals surface area contributed by atoms with E-state index in [2.05, 4.69) is 4.98 Å². The van der Waals surface area contributed by atoms with Crippen molar-refractivity contribution in [3.8, 4) is 11.3 Å². The second-order valence-electron chi connectivity index (χ2n) is 4.60. The molecule has 2 aromatic carbocycles. The molecule has 4 heteroatoms. The van der Waals surface area contributed by atoms with Crippen LogP contribution in [0.15, 0.2) is 54.6 Å². The lowest BCUT2D eigenvalue weighted by Crippen LogP contribution is -2.00. The Hall–Kier alpha value is -2.33. The first-order valence-corrected chi connectivity index (χ1v) is 7.30. The van der Waals surface area contributed by atoms with Crippen LogP contribution in [0.5, 0.6) is 0 Å². The average molecular weight is 297 g/mol. The van der Waals surface area contributed by atoms with Crippen LogP contribution in [0.4, 0.5) is 4.39 Å². The molecule has 0 unspecified atom stereocenters. The lowest BCUT2D eigenvalue weighted by atomic mass is 10.1. The topological polar surface area (TPSA) is 30.0 Å². The van der Waals surface area contributed by atoms with Gasteiger partial charge >= 0.3 is 0 Å². The van der Waals surface area contributed by atoms with Crippen molar-refractivity contribution in [3.05, 3.63) is 75.9 Å². The van der Waals surface area contributed by atoms with E-state index in [4.69, 9.17) is 0 Å². The van der Waals surface area contributed by atoms with Gasteiger partial charge in [-0.25, -0.2) is 9.37 Å². The molecule has 0 radical (unpaired) electrons. The first-order chi connectivity index (χ1) is 10.2. The number of hydrogen-bond acceptors (Lipinski definition) is 3. The molecule has 1 aromatic heterocycles. The summed E-state index contributed by atoms with van der Waals surface area (Å²) in [6.45, 7) is 1.85. The molecular weight excluding hydrogens is 285 g/mol. The molecule has 0 atom stereocenters. The second kappa shape index (κ2) is 5.58. The van der Waals surface area contributed by atoms with Crippen LogP contribution in [0.1, 0.15) is 20.2 Å². The molecule has 2 nitrogen and oxygen atoms in total. The van der Waals surface area contributed by atoms with Gasteiger partial charge in [-0.1, -0.05) is 42.5 Å². The van der Waals surface area contributed by atoms with Crippen LogP contribution in [0.3, 0.4) is 0 Å². The molecule has 0 spiro atoms. The molecule has 21 heavy (non-hydrogen) atoms. The third-order valence-electron chi connectivity index (χ3n) is 3.16. The lowest BCUT2D eigenvalue weighted by molar-refractivity contribution is 0.103. The normalized spacial score (nSPS) is 10.6. The van der Waals surface area contributed by atoms with Crippen molar-refractivity contribution in [2.45, 2.75) is 6.92 Å². The van der Waals surface area contributed by atoms with Gasteiger partial charge in [-0.15, -0.1) is 11.3 Å². The fraction of sp³-hybridized carbons (Fsp3) is 0.0588. The highest BCUT2D eigenvalue weighted by Crippen LogP contribution is 2.30. The van der Waals surface area contributed by atoms with Crippen molar-refractivity contribution < 1.29 is 9.18 Å². The van der Waals surface area contributed by atoms with E-state index in [0.29, 0.717) is 21.8 Å². The molecule has 0 aliphatic rings. The van der Waals surface area contributed by atoms with Crippen LogP contribution in [0, 0.1) is 12.7 Å². The van der Waals surface area contributed by atoms with Crippen LogP contribution in [-0.2, 0) is 0 Å². The smallest absolute Gasteiger partial charge is 0.221 e. The fourth-order valence-electron chi connectivity index (χ4n) is 2.11. The number of carbonyl (C=O) groups is 1. The number of carbonyl (C=O) groups excluding carboxylic acids is 1. The van der Waals surface area contributed by atoms with E-state index in [1.54, 1.807) is 30.3 Å². The molecule has 0 amide bonds. The molecule has 3 rings (SSSR count). The first kappa shape index (κ1) is 13.6. The number of thiazole rings is 1. The number of hydrogen-bond donors (Lipinski definition) is 0. The summed E-state index contributed by atoms with van der Waals surface area (Å²) in [5.74, 6) is -0.462. The maximum atomic E-state index is 13.9. The molecule has 3 aromatic rings. The summed E-state index contributed by atoms with van der Waals surface area (Å²) in [7, 11) is 0. The number of aryl methyl sites for hydroxylation is 1. The van der Waals surface area contributed by atoms with E-state index < -0.39 is 0 Å². The van der Waals surface area contributed by atoms with Crippen molar-refractivity contribution >= 4 is 17.1 Å². The van der Waals surface area contributed by atoms with Gasteiger partial charge in [0.25, 0.3) is 0 Å². The SMILES string of the molecule is Cc1sc(C(=O)c2ccccc2)nc1-c1ccccc1F. The zero-order valence-corrected chi connectivity index (χ0v) is 12.2. The highest BCUT2D eigenvalue weighted by molar-refractivity contribution is 7.14. The van der Waals surface area contributed by atoms with Crippen molar-refractivity contribution in [1.29, 1.82) is 0 Å². The van der Waals surface area contributed by atoms with Crippen molar-refractivity contribution in [2.75, 3.05) is 0 Å². The van der Waals surface area contributed by atoms with Gasteiger partial charge in [-0.2, -0.15) is 0 Å². The van der Waals surface area contributed by atoms with E-state index >= 15 is 0 Å². The zero-order valence-electron chi connectivity index (χ0n) is 11.3. The van der Waals surface area contributed by atoms with Gasteiger partial charge < -0.3 is 0 Å². The lowest BCUT2D eigenvalue weighted by Gasteiger charge is -1.99. The predicted octanol–water partition coefficient (Wildman–Crippen LogP) is 4.49. The number of ketones is 1. The molecule has 0 saturated carbocycles. The molecule has 0 aliphatic heterocycles. The first-order valence-electron chi connectivity index (χ1n) is 6.49. The number of nitrogens with zero attached hydrogens (tertiary/aromatic N) is 1. The Kier molecular flexibility index (Phi) is 3.62. The van der Waals surface area contributed by atoms with Gasteiger partial charge in [0.15, 0.2) is 5.01 Å². The van der Waals surface area contributed by atoms with E-state index in [9.17, 15) is 9.18 Å². The van der Waals surface area contributed by atoms with Crippen LogP contribution < -0.4 is 0 Å². The number of benzene rings is 2. The van der Waals surface area contributed by atoms with Crippen LogP contribution in [0.25, 0.3) is 11.3 Å². The zero-order chi connectivity index (χ0) is 14.8. The Labute approximate surface area is 125 Å². The Morgan fingerprint density at radius 2 is 1.71 bits per heavy atom. The minimum Gasteiger partial charge on any atom is -0.286 e. The van der Waals surface area contributed by atoms with Gasteiger partial charge in [-0.3, -0.25) is 4.79 Å². The van der Waals surface area contributed by atoms with E-state index in [-0.39, 0.29) is 11.6 Å². The third-order valence-corrected chi connectivity index (χ3v) is 4.13. The van der Waals surface area contributed by atoms with E-state index in [1.807, 2.05) is 25.1 Å². The summed E-state index contributed by atoms with van der Waals surface area (Å²) < 4.78 is 13.9.